The van der Waals surface area contributed by atoms with Gasteiger partial charge in [-0.05, 0) is 18.2 Å². The summed E-state index contributed by atoms with van der Waals surface area (Å²) in [4.78, 5) is 18.9. The average molecular weight is 380 g/mol. The number of hydrogen-bond acceptors (Lipinski definition) is 5. The molecular weight excluding hydrogens is 356 g/mol. The lowest BCUT2D eigenvalue weighted by atomic mass is 10.1. The maximum absolute atomic E-state index is 11.8. The van der Waals surface area contributed by atoms with E-state index in [4.69, 9.17) is 14.1 Å². The van der Waals surface area contributed by atoms with E-state index in [1.165, 1.54) is 11.3 Å². The topological polar surface area (TPSA) is 72.5 Å². The predicted molar refractivity (Wildman–Crippen MR) is 105 cm³/mol. The summed E-state index contributed by atoms with van der Waals surface area (Å²) < 4.78 is 13.3. The molecule has 0 fully saturated rings. The Morgan fingerprint density at radius 2 is 2.11 bits per heavy atom. The number of carbonyl (C=O) groups excluding carboxylic acids is 1. The number of fused-ring (bicyclic) bond motifs is 1. The van der Waals surface area contributed by atoms with Crippen molar-refractivity contribution in [2.45, 2.75) is 19.5 Å². The van der Waals surface area contributed by atoms with E-state index in [1.807, 2.05) is 25.2 Å². The zero-order valence-corrected chi connectivity index (χ0v) is 16.4. The van der Waals surface area contributed by atoms with Crippen molar-refractivity contribution in [3.8, 4) is 17.3 Å². The average Bonchev–Trinajstić information content (AvgIpc) is 3.33. The van der Waals surface area contributed by atoms with Crippen LogP contribution in [0.1, 0.15) is 27.5 Å². The van der Waals surface area contributed by atoms with E-state index in [1.54, 1.807) is 26.3 Å². The number of methoxy groups -OCH3 is 1. The summed E-state index contributed by atoms with van der Waals surface area (Å²) in [6.45, 7) is 2.56. The summed E-state index contributed by atoms with van der Waals surface area (Å²) in [5.74, 6) is 2.31. The number of carbonyl (C=O) groups is 1. The smallest absolute Gasteiger partial charge is 0.286 e. The first kappa shape index (κ1) is 18.3. The molecule has 0 spiro atoms. The fourth-order valence-electron chi connectivity index (χ4n) is 3.67. The van der Waals surface area contributed by atoms with Gasteiger partial charge in [0.15, 0.2) is 17.3 Å². The fraction of sp³-hybridized carbons (Fsp3) is 0.333. The second kappa shape index (κ2) is 7.52. The fourth-order valence-corrected chi connectivity index (χ4v) is 3.67. The highest BCUT2D eigenvalue weighted by atomic mass is 16.5. The highest BCUT2D eigenvalue weighted by Gasteiger charge is 2.25. The molecule has 0 saturated carbocycles. The number of rotatable bonds is 5. The van der Waals surface area contributed by atoms with Gasteiger partial charge in [-0.3, -0.25) is 9.69 Å². The number of furan rings is 1. The van der Waals surface area contributed by atoms with Gasteiger partial charge in [0.25, 0.3) is 5.91 Å². The number of imidazole rings is 1. The highest BCUT2D eigenvalue weighted by Crippen LogP contribution is 2.28. The number of hydrogen-bond donors (Lipinski definition) is 1. The van der Waals surface area contributed by atoms with Gasteiger partial charge in [0.2, 0.25) is 0 Å². The molecule has 3 heterocycles. The lowest BCUT2D eigenvalue weighted by Gasteiger charge is -2.27. The van der Waals surface area contributed by atoms with Crippen LogP contribution < -0.4 is 10.1 Å². The molecular formula is C21H24N4O3. The predicted octanol–water partition coefficient (Wildman–Crippen LogP) is 2.61. The highest BCUT2D eigenvalue weighted by molar-refractivity contribution is 5.91. The van der Waals surface area contributed by atoms with Gasteiger partial charge in [-0.1, -0.05) is 18.2 Å². The maximum Gasteiger partial charge on any atom is 0.286 e. The van der Waals surface area contributed by atoms with Crippen molar-refractivity contribution in [1.29, 1.82) is 0 Å². The normalized spacial score (nSPS) is 14.0. The molecule has 0 unspecified atom stereocenters. The van der Waals surface area contributed by atoms with Gasteiger partial charge in [0.05, 0.1) is 18.5 Å². The molecule has 1 N–H and O–H groups in total. The lowest BCUT2D eigenvalue weighted by Crippen LogP contribution is -2.31. The monoisotopic (exact) mass is 380 g/mol. The molecule has 7 nitrogen and oxygen atoms in total. The summed E-state index contributed by atoms with van der Waals surface area (Å²) in [7, 11) is 5.28. The Kier molecular flexibility index (Phi) is 4.92. The molecule has 28 heavy (non-hydrogen) atoms. The molecule has 1 amide bonds. The first-order chi connectivity index (χ1) is 13.6. The molecule has 1 aliphatic rings. The van der Waals surface area contributed by atoms with Crippen LogP contribution in [0.25, 0.3) is 11.6 Å². The summed E-state index contributed by atoms with van der Waals surface area (Å²) in [5, 5.41) is 2.57. The molecule has 4 rings (SSSR count). The standard InChI is InChI=1S/C21H24N4O3/c1-22-21(26)19-9-8-18(28-19)20-23-15-10-11-25(13-16(15)24(20)2)12-14-6-4-5-7-17(14)27-3/h4-9H,10-13H2,1-3H3,(H,22,26). The largest absolute Gasteiger partial charge is 0.496 e. The Morgan fingerprint density at radius 3 is 2.89 bits per heavy atom. The third kappa shape index (κ3) is 3.29. The van der Waals surface area contributed by atoms with E-state index >= 15 is 0 Å². The van der Waals surface area contributed by atoms with Gasteiger partial charge in [-0.15, -0.1) is 0 Å². The van der Waals surface area contributed by atoms with Crippen LogP contribution in [-0.4, -0.2) is 41.1 Å². The van der Waals surface area contributed by atoms with Gasteiger partial charge >= 0.3 is 0 Å². The SMILES string of the molecule is CNC(=O)c1ccc(-c2nc3c(n2C)CN(Cc2ccccc2OC)CC3)o1. The van der Waals surface area contributed by atoms with Crippen molar-refractivity contribution in [1.82, 2.24) is 19.8 Å². The Balaban J connectivity index is 1.56. The molecule has 0 bridgehead atoms. The summed E-state index contributed by atoms with van der Waals surface area (Å²) in [6.07, 6.45) is 0.876. The number of amides is 1. The van der Waals surface area contributed by atoms with Gasteiger partial charge < -0.3 is 19.0 Å². The van der Waals surface area contributed by atoms with Gasteiger partial charge in [0.1, 0.15) is 5.75 Å². The molecule has 146 valence electrons. The van der Waals surface area contributed by atoms with Gasteiger partial charge in [-0.2, -0.15) is 0 Å². The third-order valence-corrected chi connectivity index (χ3v) is 5.20. The second-order valence-electron chi connectivity index (χ2n) is 6.90. The van der Waals surface area contributed by atoms with Crippen LogP contribution in [0.4, 0.5) is 0 Å². The molecule has 0 atom stereocenters. The van der Waals surface area contributed by atoms with Crippen molar-refractivity contribution in [2.24, 2.45) is 7.05 Å². The number of nitrogens with zero attached hydrogens (tertiary/aromatic N) is 3. The van der Waals surface area contributed by atoms with Crippen LogP contribution in [-0.2, 0) is 26.6 Å². The second-order valence-corrected chi connectivity index (χ2v) is 6.90. The van der Waals surface area contributed by atoms with E-state index in [0.29, 0.717) is 5.76 Å². The summed E-state index contributed by atoms with van der Waals surface area (Å²) >= 11 is 0. The molecule has 1 aromatic carbocycles. The van der Waals surface area contributed by atoms with Crippen molar-refractivity contribution >= 4 is 5.91 Å². The zero-order chi connectivity index (χ0) is 19.7. The van der Waals surface area contributed by atoms with Crippen LogP contribution >= 0.6 is 0 Å². The first-order valence-corrected chi connectivity index (χ1v) is 9.31. The molecule has 7 heteroatoms. The number of aromatic nitrogens is 2. The Morgan fingerprint density at radius 1 is 1.29 bits per heavy atom. The van der Waals surface area contributed by atoms with Crippen LogP contribution in [0.2, 0.25) is 0 Å². The van der Waals surface area contributed by atoms with Gasteiger partial charge in [0, 0.05) is 45.7 Å². The maximum atomic E-state index is 11.8. The van der Waals surface area contributed by atoms with Crippen LogP contribution in [0.3, 0.4) is 0 Å². The number of para-hydroxylation sites is 1. The summed E-state index contributed by atoms with van der Waals surface area (Å²) in [5.41, 5.74) is 3.44. The minimum Gasteiger partial charge on any atom is -0.496 e. The van der Waals surface area contributed by atoms with Gasteiger partial charge in [-0.25, -0.2) is 4.98 Å². The lowest BCUT2D eigenvalue weighted by molar-refractivity contribution is 0.0936. The van der Waals surface area contributed by atoms with E-state index < -0.39 is 0 Å². The zero-order valence-electron chi connectivity index (χ0n) is 16.4. The quantitative estimate of drug-likeness (QED) is 0.737. The molecule has 0 radical (unpaired) electrons. The van der Waals surface area contributed by atoms with Crippen molar-refractivity contribution in [3.63, 3.8) is 0 Å². The van der Waals surface area contributed by atoms with Crippen LogP contribution in [0.5, 0.6) is 5.75 Å². The van der Waals surface area contributed by atoms with E-state index in [2.05, 4.69) is 20.9 Å². The van der Waals surface area contributed by atoms with Crippen molar-refractivity contribution in [2.75, 3.05) is 20.7 Å². The number of nitrogens with one attached hydrogen (secondary N) is 1. The minimum absolute atomic E-state index is 0.242. The molecule has 1 aliphatic heterocycles. The molecule has 0 saturated heterocycles. The van der Waals surface area contributed by atoms with E-state index in [0.717, 1.165) is 43.3 Å². The summed E-state index contributed by atoms with van der Waals surface area (Å²) in [6, 6.07) is 11.6. The minimum atomic E-state index is -0.242. The van der Waals surface area contributed by atoms with Crippen molar-refractivity contribution in [3.05, 3.63) is 59.1 Å². The van der Waals surface area contributed by atoms with E-state index in [9.17, 15) is 4.79 Å². The Bertz CT molecular complexity index is 1010. The molecule has 0 aliphatic carbocycles. The molecule has 3 aromatic rings. The van der Waals surface area contributed by atoms with Crippen molar-refractivity contribution < 1.29 is 13.9 Å². The van der Waals surface area contributed by atoms with E-state index in [-0.39, 0.29) is 11.7 Å². The third-order valence-electron chi connectivity index (χ3n) is 5.20. The number of benzene rings is 1. The Hall–Kier alpha value is -3.06. The molecule has 2 aromatic heterocycles. The van der Waals surface area contributed by atoms with Crippen LogP contribution in [0.15, 0.2) is 40.8 Å². The first-order valence-electron chi connectivity index (χ1n) is 9.31. The van der Waals surface area contributed by atoms with Crippen LogP contribution in [0, 0.1) is 0 Å². The Labute approximate surface area is 163 Å². The number of ether oxygens (including phenoxy) is 1.